The van der Waals surface area contributed by atoms with E-state index < -0.39 is 0 Å². The summed E-state index contributed by atoms with van der Waals surface area (Å²) in [5.74, 6) is 2.16. The van der Waals surface area contributed by atoms with Crippen molar-refractivity contribution in [1.29, 1.82) is 0 Å². The van der Waals surface area contributed by atoms with Crippen LogP contribution in [-0.4, -0.2) is 22.1 Å². The lowest BCUT2D eigenvalue weighted by Gasteiger charge is -2.20. The minimum Gasteiger partial charge on any atom is -0.493 e. The predicted octanol–water partition coefficient (Wildman–Crippen LogP) is 5.86. The molecular weight excluding hydrogens is 410 g/mol. The zero-order valence-corrected chi connectivity index (χ0v) is 19.0. The van der Waals surface area contributed by atoms with Crippen molar-refractivity contribution in [3.63, 3.8) is 0 Å². The monoisotopic (exact) mass is 441 g/mol. The molecule has 1 amide bonds. The summed E-state index contributed by atoms with van der Waals surface area (Å²) in [7, 11) is 0. The third kappa shape index (κ3) is 4.87. The molecule has 1 heterocycles. The van der Waals surface area contributed by atoms with Gasteiger partial charge in [-0.25, -0.2) is 4.98 Å². The molecule has 1 aromatic heterocycles. The Morgan fingerprint density at radius 1 is 0.970 bits per heavy atom. The molecule has 0 atom stereocenters. The van der Waals surface area contributed by atoms with Crippen LogP contribution < -0.4 is 10.1 Å². The molecule has 1 N–H and O–H groups in total. The Labute approximate surface area is 194 Å². The van der Waals surface area contributed by atoms with Crippen LogP contribution in [0.5, 0.6) is 5.75 Å². The van der Waals surface area contributed by atoms with Gasteiger partial charge in [-0.3, -0.25) is 4.79 Å². The molecule has 33 heavy (non-hydrogen) atoms. The molecule has 0 radical (unpaired) electrons. The van der Waals surface area contributed by atoms with Gasteiger partial charge < -0.3 is 14.6 Å². The van der Waals surface area contributed by atoms with E-state index in [0.29, 0.717) is 13.2 Å². The van der Waals surface area contributed by atoms with E-state index in [1.807, 2.05) is 42.5 Å². The van der Waals surface area contributed by atoms with Gasteiger partial charge in [0.2, 0.25) is 5.91 Å². The van der Waals surface area contributed by atoms with Crippen LogP contribution in [-0.2, 0) is 17.9 Å². The molecule has 0 spiro atoms. The van der Waals surface area contributed by atoms with Gasteiger partial charge in [-0.1, -0.05) is 67.8 Å². The van der Waals surface area contributed by atoms with E-state index in [1.54, 1.807) is 0 Å². The van der Waals surface area contributed by atoms with Gasteiger partial charge in [0, 0.05) is 17.8 Å². The number of amides is 1. The van der Waals surface area contributed by atoms with Crippen LogP contribution in [0, 0.1) is 5.92 Å². The highest BCUT2D eigenvalue weighted by atomic mass is 16.5. The summed E-state index contributed by atoms with van der Waals surface area (Å²) >= 11 is 0. The maximum atomic E-state index is 12.7. The number of aromatic nitrogens is 2. The van der Waals surface area contributed by atoms with E-state index >= 15 is 0 Å². The predicted molar refractivity (Wildman–Crippen MR) is 132 cm³/mol. The summed E-state index contributed by atoms with van der Waals surface area (Å²) in [5.41, 5.74) is 2.07. The minimum absolute atomic E-state index is 0.158. The van der Waals surface area contributed by atoms with E-state index in [0.717, 1.165) is 66.6 Å². The maximum absolute atomic E-state index is 12.7. The minimum atomic E-state index is 0.158. The van der Waals surface area contributed by atoms with Crippen molar-refractivity contribution in [1.82, 2.24) is 14.9 Å². The third-order valence-electron chi connectivity index (χ3n) is 6.66. The molecular formula is C28H31N3O2. The van der Waals surface area contributed by atoms with Crippen molar-refractivity contribution >= 4 is 27.7 Å². The molecule has 0 unspecified atom stereocenters. The first kappa shape index (κ1) is 21.5. The lowest BCUT2D eigenvalue weighted by atomic mass is 9.89. The molecule has 5 heteroatoms. The van der Waals surface area contributed by atoms with Crippen molar-refractivity contribution in [2.75, 3.05) is 6.61 Å². The van der Waals surface area contributed by atoms with Gasteiger partial charge in [-0.05, 0) is 42.8 Å². The lowest BCUT2D eigenvalue weighted by molar-refractivity contribution is -0.126. The maximum Gasteiger partial charge on any atom is 0.223 e. The Bertz CT molecular complexity index is 1240. The smallest absolute Gasteiger partial charge is 0.223 e. The van der Waals surface area contributed by atoms with Crippen LogP contribution in [0.4, 0.5) is 0 Å². The third-order valence-corrected chi connectivity index (χ3v) is 6.66. The number of nitrogens with zero attached hydrogens (tertiary/aromatic N) is 2. The molecule has 0 aliphatic heterocycles. The van der Waals surface area contributed by atoms with E-state index in [4.69, 9.17) is 9.72 Å². The summed E-state index contributed by atoms with van der Waals surface area (Å²) in [6, 6.07) is 22.6. The van der Waals surface area contributed by atoms with Gasteiger partial charge in [-0.15, -0.1) is 0 Å². The second-order valence-electron chi connectivity index (χ2n) is 8.90. The zero-order chi connectivity index (χ0) is 22.5. The summed E-state index contributed by atoms with van der Waals surface area (Å²) in [5, 5.41) is 5.48. The fraction of sp³-hybridized carbons (Fsp3) is 0.357. The van der Waals surface area contributed by atoms with Gasteiger partial charge in [-0.2, -0.15) is 0 Å². The van der Waals surface area contributed by atoms with Gasteiger partial charge in [0.15, 0.2) is 0 Å². The standard InChI is InChI=1S/C28H31N3O2/c32-28(22-11-2-1-3-12-22)29-20-27-30-24-15-6-7-16-25(24)31(27)18-9-19-33-26-17-8-13-21-10-4-5-14-23(21)26/h4-8,10,13-17,22H,1-3,9,11-12,18-20H2,(H,29,32). The van der Waals surface area contributed by atoms with Crippen LogP contribution in [0.25, 0.3) is 21.8 Å². The van der Waals surface area contributed by atoms with Gasteiger partial charge in [0.1, 0.15) is 11.6 Å². The SMILES string of the molecule is O=C(NCc1nc2ccccc2n1CCCOc1cccc2ccccc12)C1CCCCC1. The summed E-state index contributed by atoms with van der Waals surface area (Å²) in [6.07, 6.45) is 6.44. The fourth-order valence-electron chi connectivity index (χ4n) is 4.91. The van der Waals surface area contributed by atoms with E-state index in [-0.39, 0.29) is 11.8 Å². The molecule has 0 bridgehead atoms. The number of para-hydroxylation sites is 2. The van der Waals surface area contributed by atoms with E-state index in [2.05, 4.69) is 34.1 Å². The summed E-state index contributed by atoms with van der Waals surface area (Å²) < 4.78 is 8.37. The number of carbonyl (C=O) groups is 1. The van der Waals surface area contributed by atoms with Crippen LogP contribution >= 0.6 is 0 Å². The number of hydrogen-bond acceptors (Lipinski definition) is 3. The second-order valence-corrected chi connectivity index (χ2v) is 8.90. The average molecular weight is 442 g/mol. The first-order valence-corrected chi connectivity index (χ1v) is 12.1. The first-order chi connectivity index (χ1) is 16.3. The first-order valence-electron chi connectivity index (χ1n) is 12.1. The normalized spacial score (nSPS) is 14.5. The van der Waals surface area contributed by atoms with Crippen molar-refractivity contribution in [3.05, 3.63) is 72.6 Å². The zero-order valence-electron chi connectivity index (χ0n) is 19.0. The summed E-state index contributed by atoms with van der Waals surface area (Å²) in [4.78, 5) is 17.5. The van der Waals surface area contributed by atoms with Crippen molar-refractivity contribution < 1.29 is 9.53 Å². The Kier molecular flexibility index (Phi) is 6.56. The molecule has 5 rings (SSSR count). The number of benzene rings is 3. The number of carbonyl (C=O) groups excluding carboxylic acids is 1. The molecule has 3 aromatic carbocycles. The van der Waals surface area contributed by atoms with Crippen molar-refractivity contribution in [2.45, 2.75) is 51.6 Å². The van der Waals surface area contributed by atoms with Crippen molar-refractivity contribution in [3.8, 4) is 5.75 Å². The van der Waals surface area contributed by atoms with Gasteiger partial charge >= 0.3 is 0 Å². The molecule has 1 saturated carbocycles. The van der Waals surface area contributed by atoms with Crippen LogP contribution in [0.15, 0.2) is 66.7 Å². The molecule has 0 saturated heterocycles. The Morgan fingerprint density at radius 3 is 2.67 bits per heavy atom. The van der Waals surface area contributed by atoms with Crippen LogP contribution in [0.2, 0.25) is 0 Å². The number of fused-ring (bicyclic) bond motifs is 2. The fourth-order valence-corrected chi connectivity index (χ4v) is 4.91. The Balaban J connectivity index is 1.24. The number of aryl methyl sites for hydroxylation is 1. The number of imidazole rings is 1. The largest absolute Gasteiger partial charge is 0.493 e. The average Bonchev–Trinajstić information content (AvgIpc) is 3.23. The Hall–Kier alpha value is -3.34. The topological polar surface area (TPSA) is 56.2 Å². The Morgan fingerprint density at radius 2 is 1.76 bits per heavy atom. The highest BCUT2D eigenvalue weighted by molar-refractivity contribution is 5.88. The summed E-state index contributed by atoms with van der Waals surface area (Å²) in [6.45, 7) is 1.88. The van der Waals surface area contributed by atoms with Gasteiger partial charge in [0.25, 0.3) is 0 Å². The lowest BCUT2D eigenvalue weighted by Crippen LogP contribution is -2.32. The quantitative estimate of drug-likeness (QED) is 0.349. The number of rotatable bonds is 8. The molecule has 4 aromatic rings. The van der Waals surface area contributed by atoms with Crippen molar-refractivity contribution in [2.24, 2.45) is 5.92 Å². The number of nitrogens with one attached hydrogen (secondary N) is 1. The number of ether oxygens (including phenoxy) is 1. The highest BCUT2D eigenvalue weighted by Crippen LogP contribution is 2.26. The number of hydrogen-bond donors (Lipinski definition) is 1. The molecule has 1 aliphatic rings. The van der Waals surface area contributed by atoms with E-state index in [1.165, 1.54) is 11.8 Å². The van der Waals surface area contributed by atoms with E-state index in [9.17, 15) is 4.79 Å². The van der Waals surface area contributed by atoms with Crippen LogP contribution in [0.1, 0.15) is 44.3 Å². The molecule has 1 aliphatic carbocycles. The molecule has 1 fully saturated rings. The molecule has 5 nitrogen and oxygen atoms in total. The van der Waals surface area contributed by atoms with Crippen LogP contribution in [0.3, 0.4) is 0 Å². The van der Waals surface area contributed by atoms with Gasteiger partial charge in [0.05, 0.1) is 24.2 Å². The highest BCUT2D eigenvalue weighted by Gasteiger charge is 2.21. The molecule has 170 valence electrons. The second kappa shape index (κ2) is 10.1.